The van der Waals surface area contributed by atoms with Crippen LogP contribution >= 0.6 is 43.2 Å². The van der Waals surface area contributed by atoms with Crippen LogP contribution in [0.4, 0.5) is 5.69 Å². The van der Waals surface area contributed by atoms with Crippen molar-refractivity contribution < 1.29 is 9.90 Å². The second-order valence-electron chi connectivity index (χ2n) is 3.69. The highest BCUT2D eigenvalue weighted by Gasteiger charge is 2.13. The molecule has 0 saturated carbocycles. The molecule has 0 aliphatic heterocycles. The first-order valence-electron chi connectivity index (χ1n) is 5.03. The lowest BCUT2D eigenvalue weighted by Gasteiger charge is -2.07. The fourth-order valence-corrected chi connectivity index (χ4v) is 3.36. The number of rotatable bonds is 2. The van der Waals surface area contributed by atoms with Gasteiger partial charge >= 0.3 is 0 Å². The molecule has 1 aromatic heterocycles. The average Bonchev–Trinajstić information content (AvgIpc) is 2.63. The molecule has 3 nitrogen and oxygen atoms in total. The van der Waals surface area contributed by atoms with Gasteiger partial charge in [0.05, 0.1) is 8.66 Å². The summed E-state index contributed by atoms with van der Waals surface area (Å²) < 4.78 is 1.75. The third kappa shape index (κ3) is 2.93. The Morgan fingerprint density at radius 3 is 2.61 bits per heavy atom. The van der Waals surface area contributed by atoms with Crippen molar-refractivity contribution in [2.24, 2.45) is 0 Å². The molecule has 0 atom stereocenters. The lowest BCUT2D eigenvalue weighted by molar-refractivity contribution is 0.103. The zero-order valence-corrected chi connectivity index (χ0v) is 13.3. The molecule has 0 bridgehead atoms. The van der Waals surface area contributed by atoms with Crippen molar-refractivity contribution in [1.82, 2.24) is 0 Å². The Labute approximate surface area is 125 Å². The zero-order chi connectivity index (χ0) is 13.3. The number of halogens is 2. The molecule has 0 fully saturated rings. The van der Waals surface area contributed by atoms with Crippen LogP contribution in [0.3, 0.4) is 0 Å². The number of hydrogen-bond acceptors (Lipinski definition) is 3. The van der Waals surface area contributed by atoms with Crippen molar-refractivity contribution in [2.75, 3.05) is 5.32 Å². The molecule has 0 spiro atoms. The number of anilines is 1. The summed E-state index contributed by atoms with van der Waals surface area (Å²) in [6.07, 6.45) is 0. The first-order valence-corrected chi connectivity index (χ1v) is 7.43. The zero-order valence-electron chi connectivity index (χ0n) is 9.33. The Hall–Kier alpha value is -0.850. The van der Waals surface area contributed by atoms with Crippen molar-refractivity contribution in [2.45, 2.75) is 6.92 Å². The van der Waals surface area contributed by atoms with Gasteiger partial charge in [-0.2, -0.15) is 0 Å². The number of carbonyl (C=O) groups excluding carboxylic acids is 1. The van der Waals surface area contributed by atoms with Gasteiger partial charge in [-0.1, -0.05) is 0 Å². The van der Waals surface area contributed by atoms with Gasteiger partial charge in [-0.15, -0.1) is 11.3 Å². The first kappa shape index (κ1) is 13.6. The molecule has 0 saturated heterocycles. The van der Waals surface area contributed by atoms with E-state index in [0.717, 1.165) is 13.8 Å². The van der Waals surface area contributed by atoms with E-state index in [1.54, 1.807) is 24.3 Å². The average molecular weight is 391 g/mol. The summed E-state index contributed by atoms with van der Waals surface area (Å²) in [6, 6.07) is 6.60. The molecule has 1 aromatic carbocycles. The number of thiophene rings is 1. The summed E-state index contributed by atoms with van der Waals surface area (Å²) in [7, 11) is 0. The number of nitrogens with one attached hydrogen (secondary N) is 1. The van der Waals surface area contributed by atoms with Gasteiger partial charge in [-0.25, -0.2) is 0 Å². The molecule has 0 unspecified atom stereocenters. The molecule has 0 aliphatic carbocycles. The number of aromatic hydroxyl groups is 1. The van der Waals surface area contributed by atoms with E-state index in [1.165, 1.54) is 11.3 Å². The van der Waals surface area contributed by atoms with Crippen LogP contribution < -0.4 is 5.32 Å². The van der Waals surface area contributed by atoms with Crippen molar-refractivity contribution in [3.63, 3.8) is 0 Å². The SMILES string of the molecule is Cc1cc(O)ccc1NC(=O)c1cc(Br)c(Br)s1. The molecule has 2 rings (SSSR count). The maximum atomic E-state index is 12.0. The topological polar surface area (TPSA) is 49.3 Å². The normalized spacial score (nSPS) is 10.4. The van der Waals surface area contributed by atoms with E-state index in [1.807, 2.05) is 6.92 Å². The summed E-state index contributed by atoms with van der Waals surface area (Å²) >= 11 is 8.06. The Balaban J connectivity index is 2.21. The van der Waals surface area contributed by atoms with E-state index in [9.17, 15) is 9.90 Å². The van der Waals surface area contributed by atoms with E-state index in [2.05, 4.69) is 37.2 Å². The van der Waals surface area contributed by atoms with E-state index < -0.39 is 0 Å². The van der Waals surface area contributed by atoms with E-state index >= 15 is 0 Å². The predicted octanol–water partition coefficient (Wildman–Crippen LogP) is 4.54. The monoisotopic (exact) mass is 389 g/mol. The lowest BCUT2D eigenvalue weighted by Crippen LogP contribution is -2.10. The van der Waals surface area contributed by atoms with E-state index in [-0.39, 0.29) is 11.7 Å². The Morgan fingerprint density at radius 2 is 2.06 bits per heavy atom. The van der Waals surface area contributed by atoms with Crippen LogP contribution in [0.25, 0.3) is 0 Å². The third-order valence-electron chi connectivity index (χ3n) is 2.33. The second kappa shape index (κ2) is 5.42. The van der Waals surface area contributed by atoms with Gasteiger partial charge in [0, 0.05) is 10.2 Å². The number of phenolic OH excluding ortho intramolecular Hbond substituents is 1. The fraction of sp³-hybridized carbons (Fsp3) is 0.0833. The van der Waals surface area contributed by atoms with Crippen molar-refractivity contribution >= 4 is 54.8 Å². The Bertz CT molecular complexity index is 591. The van der Waals surface area contributed by atoms with E-state index in [4.69, 9.17) is 0 Å². The molecule has 6 heteroatoms. The summed E-state index contributed by atoms with van der Waals surface area (Å²) in [5.74, 6) is 0.0206. The van der Waals surface area contributed by atoms with Crippen LogP contribution in [0.5, 0.6) is 5.75 Å². The number of amides is 1. The highest BCUT2D eigenvalue weighted by atomic mass is 79.9. The van der Waals surface area contributed by atoms with Crippen LogP contribution in [0, 0.1) is 6.92 Å². The standard InChI is InChI=1S/C12H9Br2NO2S/c1-6-4-7(16)2-3-9(6)15-12(17)10-5-8(13)11(14)18-10/h2-5,16H,1H3,(H,15,17). The van der Waals surface area contributed by atoms with Crippen LogP contribution in [-0.2, 0) is 0 Å². The molecule has 0 radical (unpaired) electrons. The molecule has 94 valence electrons. The third-order valence-corrected chi connectivity index (χ3v) is 5.58. The summed E-state index contributed by atoms with van der Waals surface area (Å²) in [6.45, 7) is 1.83. The minimum atomic E-state index is -0.166. The first-order chi connectivity index (χ1) is 8.47. The molecular weight excluding hydrogens is 382 g/mol. The quantitative estimate of drug-likeness (QED) is 0.739. The van der Waals surface area contributed by atoms with Gasteiger partial charge < -0.3 is 10.4 Å². The number of aryl methyl sites for hydroxylation is 1. The van der Waals surface area contributed by atoms with Crippen LogP contribution in [0.15, 0.2) is 32.5 Å². The summed E-state index contributed by atoms with van der Waals surface area (Å²) in [4.78, 5) is 12.6. The van der Waals surface area contributed by atoms with Gasteiger partial charge in [0.2, 0.25) is 0 Å². The van der Waals surface area contributed by atoms with Gasteiger partial charge in [0.1, 0.15) is 5.75 Å². The Morgan fingerprint density at radius 1 is 1.33 bits per heavy atom. The maximum Gasteiger partial charge on any atom is 0.265 e. The van der Waals surface area contributed by atoms with Crippen molar-refractivity contribution in [3.05, 3.63) is 43.0 Å². The van der Waals surface area contributed by atoms with Crippen LogP contribution in [0.2, 0.25) is 0 Å². The minimum absolute atomic E-state index is 0.166. The number of carbonyl (C=O) groups is 1. The van der Waals surface area contributed by atoms with E-state index in [0.29, 0.717) is 10.6 Å². The second-order valence-corrected chi connectivity index (χ2v) is 6.91. The molecule has 2 N–H and O–H groups in total. The van der Waals surface area contributed by atoms with Crippen LogP contribution in [-0.4, -0.2) is 11.0 Å². The fourth-order valence-electron chi connectivity index (χ4n) is 1.43. The molecule has 1 amide bonds. The number of phenols is 1. The number of benzene rings is 1. The largest absolute Gasteiger partial charge is 0.508 e. The summed E-state index contributed by atoms with van der Waals surface area (Å²) in [5, 5.41) is 12.1. The molecule has 0 aliphatic rings. The minimum Gasteiger partial charge on any atom is -0.508 e. The van der Waals surface area contributed by atoms with Gasteiger partial charge in [-0.3, -0.25) is 4.79 Å². The van der Waals surface area contributed by atoms with Crippen molar-refractivity contribution in [3.8, 4) is 5.75 Å². The molecule has 18 heavy (non-hydrogen) atoms. The molecule has 1 heterocycles. The maximum absolute atomic E-state index is 12.0. The predicted molar refractivity (Wildman–Crippen MR) is 80.5 cm³/mol. The highest BCUT2D eigenvalue weighted by molar-refractivity contribution is 9.13. The lowest BCUT2D eigenvalue weighted by atomic mass is 10.2. The molecule has 2 aromatic rings. The highest BCUT2D eigenvalue weighted by Crippen LogP contribution is 2.33. The molecular formula is C12H9Br2NO2S. The smallest absolute Gasteiger partial charge is 0.265 e. The Kier molecular flexibility index (Phi) is 4.09. The number of hydrogen-bond donors (Lipinski definition) is 2. The van der Waals surface area contributed by atoms with Gasteiger partial charge in [0.25, 0.3) is 5.91 Å². The van der Waals surface area contributed by atoms with Crippen molar-refractivity contribution in [1.29, 1.82) is 0 Å². The summed E-state index contributed by atoms with van der Waals surface area (Å²) in [5.41, 5.74) is 1.51. The van der Waals surface area contributed by atoms with Gasteiger partial charge in [-0.05, 0) is 68.6 Å². The van der Waals surface area contributed by atoms with Gasteiger partial charge in [0.15, 0.2) is 0 Å². The van der Waals surface area contributed by atoms with Crippen LogP contribution in [0.1, 0.15) is 15.2 Å².